The summed E-state index contributed by atoms with van der Waals surface area (Å²) in [5.74, 6) is -0.247. The average Bonchev–Trinajstić information content (AvgIpc) is 2.39. The lowest BCUT2D eigenvalue weighted by molar-refractivity contribution is -0.142. The van der Waals surface area contributed by atoms with Crippen molar-refractivity contribution < 1.29 is 9.53 Å². The number of halogens is 1. The number of benzene rings is 1. The van der Waals surface area contributed by atoms with Crippen LogP contribution in [0.5, 0.6) is 0 Å². The number of nitrogens with two attached hydrogens (primary N) is 1. The van der Waals surface area contributed by atoms with E-state index >= 15 is 0 Å². The standard InChI is InChI=1S/C14H21ClN2O2/c1-10(2)17(9-14(18)19-3)8-12-5-4-11(7-16)6-13(12)15/h4-6,10H,7-9,16H2,1-3H3. The minimum Gasteiger partial charge on any atom is -0.468 e. The van der Waals surface area contributed by atoms with Gasteiger partial charge >= 0.3 is 5.97 Å². The van der Waals surface area contributed by atoms with Crippen molar-refractivity contribution in [1.82, 2.24) is 4.90 Å². The topological polar surface area (TPSA) is 55.6 Å². The molecule has 0 aliphatic carbocycles. The molecule has 0 saturated heterocycles. The number of hydrogen-bond acceptors (Lipinski definition) is 4. The second-order valence-electron chi connectivity index (χ2n) is 4.70. The molecule has 19 heavy (non-hydrogen) atoms. The van der Waals surface area contributed by atoms with E-state index in [-0.39, 0.29) is 18.6 Å². The molecule has 4 nitrogen and oxygen atoms in total. The average molecular weight is 285 g/mol. The molecule has 0 aromatic heterocycles. The van der Waals surface area contributed by atoms with Gasteiger partial charge in [-0.2, -0.15) is 0 Å². The van der Waals surface area contributed by atoms with Crippen LogP contribution in [0, 0.1) is 0 Å². The van der Waals surface area contributed by atoms with E-state index in [4.69, 9.17) is 22.1 Å². The summed E-state index contributed by atoms with van der Waals surface area (Å²) in [4.78, 5) is 13.4. The van der Waals surface area contributed by atoms with Gasteiger partial charge in [-0.15, -0.1) is 0 Å². The number of esters is 1. The van der Waals surface area contributed by atoms with Crippen LogP contribution in [0.25, 0.3) is 0 Å². The third kappa shape index (κ3) is 4.82. The first-order valence-electron chi connectivity index (χ1n) is 6.26. The van der Waals surface area contributed by atoms with Crippen LogP contribution in [0.4, 0.5) is 0 Å². The molecule has 0 saturated carbocycles. The number of methoxy groups -OCH3 is 1. The fraction of sp³-hybridized carbons (Fsp3) is 0.500. The Morgan fingerprint density at radius 3 is 2.63 bits per heavy atom. The van der Waals surface area contributed by atoms with Gasteiger partial charge in [0.1, 0.15) is 0 Å². The van der Waals surface area contributed by atoms with Crippen LogP contribution in [0.1, 0.15) is 25.0 Å². The Hall–Kier alpha value is -1.10. The number of hydrogen-bond donors (Lipinski definition) is 1. The van der Waals surface area contributed by atoms with Gasteiger partial charge in [-0.05, 0) is 31.0 Å². The number of carbonyl (C=O) groups is 1. The van der Waals surface area contributed by atoms with Gasteiger partial charge in [-0.3, -0.25) is 9.69 Å². The molecule has 0 heterocycles. The number of carbonyl (C=O) groups excluding carboxylic acids is 1. The van der Waals surface area contributed by atoms with Crippen LogP contribution in [-0.2, 0) is 22.6 Å². The lowest BCUT2D eigenvalue weighted by Crippen LogP contribution is -2.35. The van der Waals surface area contributed by atoms with Crippen molar-refractivity contribution >= 4 is 17.6 Å². The van der Waals surface area contributed by atoms with E-state index in [0.29, 0.717) is 18.1 Å². The first-order chi connectivity index (χ1) is 8.97. The zero-order valence-corrected chi connectivity index (χ0v) is 12.4. The number of ether oxygens (including phenoxy) is 1. The zero-order chi connectivity index (χ0) is 14.4. The first-order valence-corrected chi connectivity index (χ1v) is 6.64. The van der Waals surface area contributed by atoms with E-state index in [9.17, 15) is 4.79 Å². The van der Waals surface area contributed by atoms with Crippen molar-refractivity contribution in [3.8, 4) is 0 Å². The molecular weight excluding hydrogens is 264 g/mol. The molecule has 2 N–H and O–H groups in total. The lowest BCUT2D eigenvalue weighted by Gasteiger charge is -2.25. The largest absolute Gasteiger partial charge is 0.468 e. The number of nitrogens with zero attached hydrogens (tertiary/aromatic N) is 1. The van der Waals surface area contributed by atoms with E-state index in [2.05, 4.69) is 0 Å². The third-order valence-electron chi connectivity index (χ3n) is 3.02. The predicted molar refractivity (Wildman–Crippen MR) is 76.9 cm³/mol. The minimum atomic E-state index is -0.247. The fourth-order valence-corrected chi connectivity index (χ4v) is 1.98. The zero-order valence-electron chi connectivity index (χ0n) is 11.6. The smallest absolute Gasteiger partial charge is 0.319 e. The van der Waals surface area contributed by atoms with Crippen molar-refractivity contribution in [3.63, 3.8) is 0 Å². The van der Waals surface area contributed by atoms with E-state index in [0.717, 1.165) is 11.1 Å². The highest BCUT2D eigenvalue weighted by Crippen LogP contribution is 2.20. The maximum Gasteiger partial charge on any atom is 0.319 e. The Labute approximate surface area is 119 Å². The molecule has 0 aliphatic rings. The molecule has 0 fully saturated rings. The van der Waals surface area contributed by atoms with Crippen LogP contribution < -0.4 is 5.73 Å². The van der Waals surface area contributed by atoms with Gasteiger partial charge in [0, 0.05) is 24.2 Å². The Kier molecular flexibility index (Phi) is 6.28. The Balaban J connectivity index is 2.81. The summed E-state index contributed by atoms with van der Waals surface area (Å²) >= 11 is 6.23. The van der Waals surface area contributed by atoms with Crippen molar-refractivity contribution in [1.29, 1.82) is 0 Å². The van der Waals surface area contributed by atoms with Crippen molar-refractivity contribution in [2.45, 2.75) is 33.0 Å². The maximum absolute atomic E-state index is 11.4. The normalized spacial score (nSPS) is 11.1. The van der Waals surface area contributed by atoms with E-state index < -0.39 is 0 Å². The molecule has 0 spiro atoms. The van der Waals surface area contributed by atoms with Gasteiger partial charge in [0.2, 0.25) is 0 Å². The molecule has 5 heteroatoms. The molecule has 0 bridgehead atoms. The Bertz CT molecular complexity index is 435. The highest BCUT2D eigenvalue weighted by atomic mass is 35.5. The van der Waals surface area contributed by atoms with Crippen LogP contribution in [0.15, 0.2) is 18.2 Å². The quantitative estimate of drug-likeness (QED) is 0.814. The molecule has 0 amide bonds. The first kappa shape index (κ1) is 16.0. The van der Waals surface area contributed by atoms with Crippen molar-refractivity contribution in [3.05, 3.63) is 34.3 Å². The highest BCUT2D eigenvalue weighted by Gasteiger charge is 2.16. The minimum absolute atomic E-state index is 0.226. The summed E-state index contributed by atoms with van der Waals surface area (Å²) in [6.07, 6.45) is 0. The lowest BCUT2D eigenvalue weighted by atomic mass is 10.1. The van der Waals surface area contributed by atoms with Gasteiger partial charge in [0.25, 0.3) is 0 Å². The molecular formula is C14H21ClN2O2. The second-order valence-corrected chi connectivity index (χ2v) is 5.11. The van der Waals surface area contributed by atoms with Crippen LogP contribution in [0.2, 0.25) is 5.02 Å². The fourth-order valence-electron chi connectivity index (χ4n) is 1.72. The summed E-state index contributed by atoms with van der Waals surface area (Å²) < 4.78 is 4.71. The Morgan fingerprint density at radius 2 is 2.16 bits per heavy atom. The predicted octanol–water partition coefficient (Wildman–Crippen LogP) is 2.18. The van der Waals surface area contributed by atoms with Crippen molar-refractivity contribution in [2.75, 3.05) is 13.7 Å². The molecule has 0 atom stereocenters. The summed E-state index contributed by atoms with van der Waals surface area (Å²) in [6, 6.07) is 6.01. The summed E-state index contributed by atoms with van der Waals surface area (Å²) in [6.45, 7) is 5.39. The Morgan fingerprint density at radius 1 is 1.47 bits per heavy atom. The van der Waals surface area contributed by atoms with Gasteiger partial charge in [0.15, 0.2) is 0 Å². The van der Waals surface area contributed by atoms with Gasteiger partial charge in [0.05, 0.1) is 13.7 Å². The van der Waals surface area contributed by atoms with E-state index in [1.165, 1.54) is 7.11 Å². The van der Waals surface area contributed by atoms with Crippen LogP contribution >= 0.6 is 11.6 Å². The SMILES string of the molecule is COC(=O)CN(Cc1ccc(CN)cc1Cl)C(C)C. The number of rotatable bonds is 6. The third-order valence-corrected chi connectivity index (χ3v) is 3.37. The van der Waals surface area contributed by atoms with Crippen LogP contribution in [-0.4, -0.2) is 30.6 Å². The molecule has 0 aliphatic heterocycles. The molecule has 1 rings (SSSR count). The summed E-state index contributed by atoms with van der Waals surface area (Å²) in [5.41, 5.74) is 7.55. The van der Waals surface area contributed by atoms with E-state index in [1.54, 1.807) is 0 Å². The molecule has 106 valence electrons. The van der Waals surface area contributed by atoms with Gasteiger partial charge in [-0.1, -0.05) is 23.7 Å². The molecule has 1 aromatic carbocycles. The van der Waals surface area contributed by atoms with Crippen molar-refractivity contribution in [2.24, 2.45) is 5.73 Å². The van der Waals surface area contributed by atoms with Gasteiger partial charge in [-0.25, -0.2) is 0 Å². The molecule has 0 radical (unpaired) electrons. The van der Waals surface area contributed by atoms with Crippen LogP contribution in [0.3, 0.4) is 0 Å². The summed E-state index contributed by atoms with van der Waals surface area (Å²) in [7, 11) is 1.39. The maximum atomic E-state index is 11.4. The van der Waals surface area contributed by atoms with E-state index in [1.807, 2.05) is 36.9 Å². The monoisotopic (exact) mass is 284 g/mol. The van der Waals surface area contributed by atoms with Gasteiger partial charge < -0.3 is 10.5 Å². The summed E-state index contributed by atoms with van der Waals surface area (Å²) in [5, 5.41) is 0.679. The molecule has 0 unspecified atom stereocenters. The molecule has 1 aromatic rings. The second kappa shape index (κ2) is 7.48. The highest BCUT2D eigenvalue weighted by molar-refractivity contribution is 6.31.